The molecule has 1 N–H and O–H groups in total. The molecule has 1 aliphatic carbocycles. The lowest BCUT2D eigenvalue weighted by atomic mass is 10.1. The quantitative estimate of drug-likeness (QED) is 0.777. The number of para-hydroxylation sites is 1. The molecule has 0 aromatic heterocycles. The zero-order chi connectivity index (χ0) is 13.7. The zero-order valence-corrected chi connectivity index (χ0v) is 12.1. The zero-order valence-electron chi connectivity index (χ0n) is 12.1. The van der Waals surface area contributed by atoms with Gasteiger partial charge >= 0.3 is 0 Å². The topological polar surface area (TPSA) is 33.7 Å². The summed E-state index contributed by atoms with van der Waals surface area (Å²) in [6.07, 6.45) is 2.68. The number of hydrogen-bond acceptors (Lipinski definition) is 4. The first kappa shape index (κ1) is 14.2. The Morgan fingerprint density at radius 1 is 1.26 bits per heavy atom. The number of nitrogens with zero attached hydrogens (tertiary/aromatic N) is 1. The van der Waals surface area contributed by atoms with Crippen molar-refractivity contribution in [3.05, 3.63) is 23.8 Å². The monoisotopic (exact) mass is 264 g/mol. The maximum atomic E-state index is 5.45. The number of ether oxygens (including phenoxy) is 2. The van der Waals surface area contributed by atoms with E-state index < -0.39 is 0 Å². The smallest absolute Gasteiger partial charge is 0.165 e. The van der Waals surface area contributed by atoms with E-state index in [0.717, 1.165) is 42.7 Å². The van der Waals surface area contributed by atoms with Gasteiger partial charge in [-0.25, -0.2) is 0 Å². The van der Waals surface area contributed by atoms with Gasteiger partial charge in [0.1, 0.15) is 0 Å². The van der Waals surface area contributed by atoms with Crippen molar-refractivity contribution < 1.29 is 9.47 Å². The van der Waals surface area contributed by atoms with Gasteiger partial charge in [0, 0.05) is 31.2 Å². The molecule has 4 nitrogen and oxygen atoms in total. The molecular weight excluding hydrogens is 240 g/mol. The van der Waals surface area contributed by atoms with Gasteiger partial charge in [0.2, 0.25) is 0 Å². The first-order valence-corrected chi connectivity index (χ1v) is 6.86. The van der Waals surface area contributed by atoms with Gasteiger partial charge in [-0.05, 0) is 26.0 Å². The fourth-order valence-electron chi connectivity index (χ4n) is 2.20. The molecule has 0 bridgehead atoms. The second-order valence-electron chi connectivity index (χ2n) is 5.12. The number of nitrogens with one attached hydrogen (secondary N) is 1. The van der Waals surface area contributed by atoms with Crippen LogP contribution in [-0.4, -0.2) is 45.3 Å². The molecule has 1 aliphatic rings. The molecule has 19 heavy (non-hydrogen) atoms. The molecule has 1 fully saturated rings. The Morgan fingerprint density at radius 3 is 2.68 bits per heavy atom. The summed E-state index contributed by atoms with van der Waals surface area (Å²) in [4.78, 5) is 2.30. The summed E-state index contributed by atoms with van der Waals surface area (Å²) in [5.41, 5.74) is 1.16. The van der Waals surface area contributed by atoms with Crippen molar-refractivity contribution in [3.63, 3.8) is 0 Å². The van der Waals surface area contributed by atoms with Crippen LogP contribution in [-0.2, 0) is 6.54 Å². The van der Waals surface area contributed by atoms with Crippen LogP contribution in [0.4, 0.5) is 0 Å². The van der Waals surface area contributed by atoms with Gasteiger partial charge in [-0.3, -0.25) is 0 Å². The Morgan fingerprint density at radius 2 is 2.05 bits per heavy atom. The van der Waals surface area contributed by atoms with Gasteiger partial charge < -0.3 is 19.7 Å². The minimum Gasteiger partial charge on any atom is -0.493 e. The number of methoxy groups -OCH3 is 2. The van der Waals surface area contributed by atoms with Crippen LogP contribution >= 0.6 is 0 Å². The molecular formula is C15H24N2O2. The Kier molecular flexibility index (Phi) is 5.05. The summed E-state index contributed by atoms with van der Waals surface area (Å²) in [6, 6.07) is 6.80. The molecule has 1 aromatic carbocycles. The summed E-state index contributed by atoms with van der Waals surface area (Å²) in [6.45, 7) is 2.96. The van der Waals surface area contributed by atoms with E-state index in [9.17, 15) is 0 Å². The van der Waals surface area contributed by atoms with Crippen molar-refractivity contribution in [2.75, 3.05) is 34.4 Å². The third kappa shape index (κ3) is 4.11. The van der Waals surface area contributed by atoms with Crippen LogP contribution in [0.25, 0.3) is 0 Å². The predicted octanol–water partition coefficient (Wildman–Crippen LogP) is 1.89. The Labute approximate surface area is 115 Å². The standard InChI is InChI=1S/C15H24N2O2/c1-17(10-9-16-13-7-8-13)11-12-5-4-6-14(18-2)15(12)19-3/h4-6,13,16H,7-11H2,1-3H3. The highest BCUT2D eigenvalue weighted by Crippen LogP contribution is 2.31. The second-order valence-corrected chi connectivity index (χ2v) is 5.12. The van der Waals surface area contributed by atoms with E-state index in [0.29, 0.717) is 0 Å². The summed E-state index contributed by atoms with van der Waals surface area (Å²) < 4.78 is 10.8. The molecule has 0 radical (unpaired) electrons. The number of likely N-dealkylation sites (N-methyl/N-ethyl adjacent to an activating group) is 1. The number of rotatable bonds is 8. The maximum absolute atomic E-state index is 5.45. The van der Waals surface area contributed by atoms with Gasteiger partial charge in [0.25, 0.3) is 0 Å². The van der Waals surface area contributed by atoms with Gasteiger partial charge in [0.15, 0.2) is 11.5 Å². The van der Waals surface area contributed by atoms with E-state index in [1.54, 1.807) is 14.2 Å². The highest BCUT2D eigenvalue weighted by Gasteiger charge is 2.20. The molecule has 4 heteroatoms. The van der Waals surface area contributed by atoms with E-state index in [2.05, 4.69) is 23.3 Å². The number of hydrogen-bond donors (Lipinski definition) is 1. The van der Waals surface area contributed by atoms with Crippen molar-refractivity contribution in [2.24, 2.45) is 0 Å². The molecule has 0 spiro atoms. The summed E-state index contributed by atoms with van der Waals surface area (Å²) >= 11 is 0. The van der Waals surface area contributed by atoms with Gasteiger partial charge in [-0.15, -0.1) is 0 Å². The van der Waals surface area contributed by atoms with Gasteiger partial charge in [0.05, 0.1) is 14.2 Å². The molecule has 0 atom stereocenters. The van der Waals surface area contributed by atoms with Crippen LogP contribution in [0.5, 0.6) is 11.5 Å². The molecule has 0 heterocycles. The van der Waals surface area contributed by atoms with Crippen LogP contribution in [0, 0.1) is 0 Å². The third-order valence-electron chi connectivity index (χ3n) is 3.43. The Bertz CT molecular complexity index is 405. The first-order chi connectivity index (χ1) is 9.24. The summed E-state index contributed by atoms with van der Waals surface area (Å²) in [7, 11) is 5.49. The van der Waals surface area contributed by atoms with Crippen LogP contribution in [0.15, 0.2) is 18.2 Å². The third-order valence-corrected chi connectivity index (χ3v) is 3.43. The van der Waals surface area contributed by atoms with E-state index in [1.807, 2.05) is 12.1 Å². The molecule has 1 saturated carbocycles. The lowest BCUT2D eigenvalue weighted by Gasteiger charge is -2.19. The summed E-state index contributed by atoms with van der Waals surface area (Å²) in [5, 5.41) is 3.53. The Balaban J connectivity index is 1.89. The normalized spacial score (nSPS) is 14.7. The average Bonchev–Trinajstić information content (AvgIpc) is 3.22. The maximum Gasteiger partial charge on any atom is 0.165 e. The predicted molar refractivity (Wildman–Crippen MR) is 76.9 cm³/mol. The van der Waals surface area contributed by atoms with Crippen LogP contribution in [0.2, 0.25) is 0 Å². The largest absolute Gasteiger partial charge is 0.493 e. The SMILES string of the molecule is COc1cccc(CN(C)CCNC2CC2)c1OC. The van der Waals surface area contributed by atoms with Crippen molar-refractivity contribution in [1.29, 1.82) is 0 Å². The molecule has 0 unspecified atom stereocenters. The second kappa shape index (κ2) is 6.78. The van der Waals surface area contributed by atoms with E-state index in [4.69, 9.17) is 9.47 Å². The first-order valence-electron chi connectivity index (χ1n) is 6.86. The number of benzene rings is 1. The minimum absolute atomic E-state index is 0.778. The van der Waals surface area contributed by atoms with Gasteiger partial charge in [-0.1, -0.05) is 12.1 Å². The van der Waals surface area contributed by atoms with E-state index >= 15 is 0 Å². The highest BCUT2D eigenvalue weighted by atomic mass is 16.5. The van der Waals surface area contributed by atoms with Crippen molar-refractivity contribution in [2.45, 2.75) is 25.4 Å². The van der Waals surface area contributed by atoms with Crippen molar-refractivity contribution in [1.82, 2.24) is 10.2 Å². The highest BCUT2D eigenvalue weighted by molar-refractivity contribution is 5.46. The van der Waals surface area contributed by atoms with Crippen LogP contribution < -0.4 is 14.8 Å². The summed E-state index contributed by atoms with van der Waals surface area (Å²) in [5.74, 6) is 1.64. The molecule has 0 amide bonds. The van der Waals surface area contributed by atoms with Crippen molar-refractivity contribution >= 4 is 0 Å². The molecule has 106 valence electrons. The van der Waals surface area contributed by atoms with E-state index in [-0.39, 0.29) is 0 Å². The molecule has 2 rings (SSSR count). The van der Waals surface area contributed by atoms with Gasteiger partial charge in [-0.2, -0.15) is 0 Å². The Hall–Kier alpha value is -1.26. The molecule has 0 saturated heterocycles. The molecule has 0 aliphatic heterocycles. The van der Waals surface area contributed by atoms with Crippen molar-refractivity contribution in [3.8, 4) is 11.5 Å². The lowest BCUT2D eigenvalue weighted by molar-refractivity contribution is 0.308. The average molecular weight is 264 g/mol. The fourth-order valence-corrected chi connectivity index (χ4v) is 2.20. The minimum atomic E-state index is 0.778. The van der Waals surface area contributed by atoms with E-state index in [1.165, 1.54) is 12.8 Å². The fraction of sp³-hybridized carbons (Fsp3) is 0.600. The molecule has 1 aromatic rings. The van der Waals surface area contributed by atoms with Crippen LogP contribution in [0.3, 0.4) is 0 Å². The van der Waals surface area contributed by atoms with Crippen LogP contribution in [0.1, 0.15) is 18.4 Å². The lowest BCUT2D eigenvalue weighted by Crippen LogP contribution is -2.30.